The van der Waals surface area contributed by atoms with Gasteiger partial charge in [0, 0.05) is 5.92 Å². The zero-order valence-corrected chi connectivity index (χ0v) is 6.27. The Kier molecular flexibility index (Phi) is 3.25. The van der Waals surface area contributed by atoms with Gasteiger partial charge in [0.1, 0.15) is 0 Å². The van der Waals surface area contributed by atoms with E-state index in [1.165, 1.54) is 0 Å². The number of nitriles is 1. The first-order chi connectivity index (χ1) is 4.93. The van der Waals surface area contributed by atoms with E-state index in [4.69, 9.17) is 5.26 Å². The number of hydrogen-bond acceptors (Lipinski definition) is 2. The lowest BCUT2D eigenvalue weighted by Crippen LogP contribution is -2.20. The highest BCUT2D eigenvalue weighted by Crippen LogP contribution is 2.13. The zero-order chi connectivity index (χ0) is 7.23. The molecule has 0 radical (unpaired) electrons. The Hall–Kier alpha value is -0.550. The van der Waals surface area contributed by atoms with Crippen LogP contribution in [-0.4, -0.2) is 13.1 Å². The van der Waals surface area contributed by atoms with Crippen molar-refractivity contribution in [3.05, 3.63) is 0 Å². The van der Waals surface area contributed by atoms with Crippen LogP contribution >= 0.6 is 0 Å². The molecule has 0 bridgehead atoms. The average Bonchev–Trinajstić information content (AvgIpc) is 1.87. The third-order valence-corrected chi connectivity index (χ3v) is 1.99. The summed E-state index contributed by atoms with van der Waals surface area (Å²) in [4.78, 5) is 0. The Balaban J connectivity index is 2.24. The quantitative estimate of drug-likeness (QED) is 0.547. The summed E-state index contributed by atoms with van der Waals surface area (Å²) in [6.45, 7) is 2.19. The van der Waals surface area contributed by atoms with E-state index in [9.17, 15) is 0 Å². The van der Waals surface area contributed by atoms with Gasteiger partial charge in [-0.2, -0.15) is 5.26 Å². The first-order valence-corrected chi connectivity index (χ1v) is 4.04. The standard InChI is InChI=1S/C8H14N2/c9-7-8-3-1-5-10-6-2-4-8/h8,10H,1-6H2. The molecule has 0 aromatic rings. The second-order valence-electron chi connectivity index (χ2n) is 2.86. The fourth-order valence-corrected chi connectivity index (χ4v) is 1.35. The lowest BCUT2D eigenvalue weighted by Gasteiger charge is -2.13. The molecular formula is C8H14N2. The van der Waals surface area contributed by atoms with Gasteiger partial charge in [0.15, 0.2) is 0 Å². The van der Waals surface area contributed by atoms with Crippen molar-refractivity contribution in [2.24, 2.45) is 5.92 Å². The van der Waals surface area contributed by atoms with Crippen LogP contribution in [0.1, 0.15) is 25.7 Å². The first kappa shape index (κ1) is 7.56. The fraction of sp³-hybridized carbons (Fsp3) is 0.875. The maximum atomic E-state index is 8.64. The molecule has 2 heteroatoms. The molecular weight excluding hydrogens is 124 g/mol. The van der Waals surface area contributed by atoms with Crippen LogP contribution in [0.3, 0.4) is 0 Å². The van der Waals surface area contributed by atoms with E-state index >= 15 is 0 Å². The van der Waals surface area contributed by atoms with Gasteiger partial charge in [-0.25, -0.2) is 0 Å². The Morgan fingerprint density at radius 3 is 2.30 bits per heavy atom. The monoisotopic (exact) mass is 138 g/mol. The Labute approximate surface area is 62.2 Å². The second kappa shape index (κ2) is 4.29. The molecule has 0 amide bonds. The summed E-state index contributed by atoms with van der Waals surface area (Å²) < 4.78 is 0. The van der Waals surface area contributed by atoms with Crippen molar-refractivity contribution in [1.82, 2.24) is 5.32 Å². The third kappa shape index (κ3) is 2.36. The third-order valence-electron chi connectivity index (χ3n) is 1.99. The van der Waals surface area contributed by atoms with Crippen LogP contribution in [0, 0.1) is 17.2 Å². The topological polar surface area (TPSA) is 35.8 Å². The van der Waals surface area contributed by atoms with Gasteiger partial charge in [0.05, 0.1) is 6.07 Å². The molecule has 1 fully saturated rings. The molecule has 0 aliphatic carbocycles. The van der Waals surface area contributed by atoms with Crippen molar-refractivity contribution in [2.75, 3.05) is 13.1 Å². The van der Waals surface area contributed by atoms with Crippen LogP contribution in [0.15, 0.2) is 0 Å². The Morgan fingerprint density at radius 2 is 1.80 bits per heavy atom. The molecule has 0 saturated carbocycles. The SMILES string of the molecule is N#CC1CCCNCCC1. The molecule has 1 heterocycles. The molecule has 0 aromatic heterocycles. The van der Waals surface area contributed by atoms with Crippen molar-refractivity contribution in [3.8, 4) is 6.07 Å². The molecule has 10 heavy (non-hydrogen) atoms. The number of hydrogen-bond donors (Lipinski definition) is 1. The maximum absolute atomic E-state index is 8.64. The van der Waals surface area contributed by atoms with Crippen molar-refractivity contribution in [2.45, 2.75) is 25.7 Å². The second-order valence-corrected chi connectivity index (χ2v) is 2.86. The first-order valence-electron chi connectivity index (χ1n) is 4.04. The largest absolute Gasteiger partial charge is 0.317 e. The molecule has 0 atom stereocenters. The summed E-state index contributed by atoms with van der Waals surface area (Å²) >= 11 is 0. The highest BCUT2D eigenvalue weighted by molar-refractivity contribution is 4.83. The lowest BCUT2D eigenvalue weighted by atomic mass is 9.98. The molecule has 1 N–H and O–H groups in total. The van der Waals surface area contributed by atoms with Gasteiger partial charge in [-0.1, -0.05) is 0 Å². The highest BCUT2D eigenvalue weighted by Gasteiger charge is 2.08. The molecule has 56 valence electrons. The fourth-order valence-electron chi connectivity index (χ4n) is 1.35. The van der Waals surface area contributed by atoms with E-state index in [1.54, 1.807) is 0 Å². The molecule has 1 saturated heterocycles. The van der Waals surface area contributed by atoms with E-state index in [2.05, 4.69) is 11.4 Å². The predicted octanol–water partition coefficient (Wildman–Crippen LogP) is 1.29. The minimum atomic E-state index is 0.335. The number of nitrogens with zero attached hydrogens (tertiary/aromatic N) is 1. The van der Waals surface area contributed by atoms with Gasteiger partial charge in [-0.15, -0.1) is 0 Å². The van der Waals surface area contributed by atoms with Crippen LogP contribution in [0.4, 0.5) is 0 Å². The smallest absolute Gasteiger partial charge is 0.0655 e. The van der Waals surface area contributed by atoms with Crippen molar-refractivity contribution in [1.29, 1.82) is 5.26 Å². The number of rotatable bonds is 0. The van der Waals surface area contributed by atoms with Crippen molar-refractivity contribution < 1.29 is 0 Å². The summed E-state index contributed by atoms with van der Waals surface area (Å²) in [6, 6.07) is 2.34. The molecule has 2 nitrogen and oxygen atoms in total. The van der Waals surface area contributed by atoms with E-state index in [1.807, 2.05) is 0 Å². The van der Waals surface area contributed by atoms with Gasteiger partial charge >= 0.3 is 0 Å². The van der Waals surface area contributed by atoms with Crippen LogP contribution < -0.4 is 5.32 Å². The predicted molar refractivity (Wildman–Crippen MR) is 40.4 cm³/mol. The maximum Gasteiger partial charge on any atom is 0.0655 e. The molecule has 1 rings (SSSR count). The van der Waals surface area contributed by atoms with Crippen LogP contribution in [0.2, 0.25) is 0 Å². The summed E-state index contributed by atoms with van der Waals surface area (Å²) in [5.41, 5.74) is 0. The summed E-state index contributed by atoms with van der Waals surface area (Å²) in [5, 5.41) is 12.0. The molecule has 0 aromatic carbocycles. The number of nitrogens with one attached hydrogen (secondary N) is 1. The van der Waals surface area contributed by atoms with Gasteiger partial charge in [-0.05, 0) is 38.8 Å². The van der Waals surface area contributed by atoms with Crippen LogP contribution in [0.25, 0.3) is 0 Å². The summed E-state index contributed by atoms with van der Waals surface area (Å²) in [6.07, 6.45) is 4.50. The van der Waals surface area contributed by atoms with Gasteiger partial charge in [-0.3, -0.25) is 0 Å². The summed E-state index contributed by atoms with van der Waals surface area (Å²) in [7, 11) is 0. The zero-order valence-electron chi connectivity index (χ0n) is 6.27. The normalized spacial score (nSPS) is 22.7. The van der Waals surface area contributed by atoms with E-state index in [0.717, 1.165) is 38.8 Å². The Bertz CT molecular complexity index is 118. The van der Waals surface area contributed by atoms with Gasteiger partial charge < -0.3 is 5.32 Å². The van der Waals surface area contributed by atoms with Crippen LogP contribution in [-0.2, 0) is 0 Å². The van der Waals surface area contributed by atoms with Gasteiger partial charge in [0.2, 0.25) is 0 Å². The Morgan fingerprint density at radius 1 is 1.20 bits per heavy atom. The van der Waals surface area contributed by atoms with E-state index in [0.29, 0.717) is 5.92 Å². The van der Waals surface area contributed by atoms with E-state index < -0.39 is 0 Å². The minimum Gasteiger partial charge on any atom is -0.317 e. The molecule has 0 unspecified atom stereocenters. The van der Waals surface area contributed by atoms with E-state index in [-0.39, 0.29) is 0 Å². The lowest BCUT2D eigenvalue weighted by molar-refractivity contribution is 0.452. The summed E-state index contributed by atoms with van der Waals surface area (Å²) in [5.74, 6) is 0.335. The average molecular weight is 138 g/mol. The highest BCUT2D eigenvalue weighted by atomic mass is 14.8. The van der Waals surface area contributed by atoms with Crippen LogP contribution in [0.5, 0.6) is 0 Å². The minimum absolute atomic E-state index is 0.335. The molecule has 0 spiro atoms. The molecule has 1 aliphatic rings. The van der Waals surface area contributed by atoms with Crippen molar-refractivity contribution in [3.63, 3.8) is 0 Å². The molecule has 1 aliphatic heterocycles. The van der Waals surface area contributed by atoms with Crippen molar-refractivity contribution >= 4 is 0 Å². The van der Waals surface area contributed by atoms with Gasteiger partial charge in [0.25, 0.3) is 0 Å².